The van der Waals surface area contributed by atoms with Crippen LogP contribution in [0.3, 0.4) is 0 Å². The first-order chi connectivity index (χ1) is 19.1. The number of ether oxygens (including phenoxy) is 2. The van der Waals surface area contributed by atoms with Gasteiger partial charge in [-0.3, -0.25) is 4.79 Å². The van der Waals surface area contributed by atoms with E-state index in [2.05, 4.69) is 32.2 Å². The molecular formula is C32H43N3O4S. The minimum absolute atomic E-state index is 0.00441. The Morgan fingerprint density at radius 1 is 0.925 bits per heavy atom. The molecule has 1 aromatic heterocycles. The highest BCUT2D eigenvalue weighted by Gasteiger charge is 2.23. The zero-order chi connectivity index (χ0) is 29.2. The fraction of sp³-hybridized carbons (Fsp3) is 0.438. The highest BCUT2D eigenvalue weighted by Crippen LogP contribution is 2.28. The number of hydrogen-bond donors (Lipinski definition) is 1. The number of anilines is 1. The van der Waals surface area contributed by atoms with Gasteiger partial charge in [0.1, 0.15) is 6.54 Å². The van der Waals surface area contributed by atoms with Crippen molar-refractivity contribution >= 4 is 29.0 Å². The van der Waals surface area contributed by atoms with Crippen molar-refractivity contribution in [1.82, 2.24) is 9.80 Å². The van der Waals surface area contributed by atoms with E-state index < -0.39 is 0 Å². The van der Waals surface area contributed by atoms with Crippen molar-refractivity contribution in [2.75, 3.05) is 39.2 Å². The summed E-state index contributed by atoms with van der Waals surface area (Å²) in [5, 5.41) is 5.03. The predicted octanol–water partition coefficient (Wildman–Crippen LogP) is 6.96. The molecule has 216 valence electrons. The molecule has 0 bridgehead atoms. The molecule has 0 aliphatic carbocycles. The predicted molar refractivity (Wildman–Crippen MR) is 164 cm³/mol. The van der Waals surface area contributed by atoms with Gasteiger partial charge in [0.15, 0.2) is 11.5 Å². The molecule has 3 aromatic rings. The van der Waals surface area contributed by atoms with Gasteiger partial charge >= 0.3 is 6.03 Å². The van der Waals surface area contributed by atoms with Gasteiger partial charge in [-0.1, -0.05) is 45.9 Å². The van der Waals surface area contributed by atoms with Crippen LogP contribution in [-0.2, 0) is 17.8 Å². The number of benzene rings is 2. The molecule has 1 heterocycles. The largest absolute Gasteiger partial charge is 0.493 e. The van der Waals surface area contributed by atoms with Crippen LogP contribution >= 0.6 is 11.3 Å². The summed E-state index contributed by atoms with van der Waals surface area (Å²) in [5.74, 6) is 1.87. The van der Waals surface area contributed by atoms with E-state index >= 15 is 0 Å². The first-order valence-electron chi connectivity index (χ1n) is 13.8. The van der Waals surface area contributed by atoms with Gasteiger partial charge in [-0.15, -0.1) is 11.3 Å². The van der Waals surface area contributed by atoms with Crippen LogP contribution < -0.4 is 14.8 Å². The Bertz CT molecular complexity index is 1250. The summed E-state index contributed by atoms with van der Waals surface area (Å²) in [7, 11) is 3.23. The van der Waals surface area contributed by atoms with Crippen molar-refractivity contribution < 1.29 is 19.1 Å². The molecule has 1 N–H and O–H groups in total. The average molecular weight is 566 g/mol. The second-order valence-electron chi connectivity index (χ2n) is 10.8. The number of methoxy groups -OCH3 is 2. The fourth-order valence-corrected chi connectivity index (χ4v) is 5.33. The van der Waals surface area contributed by atoms with E-state index in [1.54, 1.807) is 30.5 Å². The molecule has 7 nitrogen and oxygen atoms in total. The molecule has 40 heavy (non-hydrogen) atoms. The molecule has 3 amide bonds. The van der Waals surface area contributed by atoms with Crippen LogP contribution in [0.25, 0.3) is 0 Å². The first kappa shape index (κ1) is 31.0. The Morgan fingerprint density at radius 2 is 1.62 bits per heavy atom. The van der Waals surface area contributed by atoms with Gasteiger partial charge < -0.3 is 24.6 Å². The normalized spacial score (nSPS) is 11.0. The summed E-state index contributed by atoms with van der Waals surface area (Å²) in [6.45, 7) is 11.9. The Labute approximate surface area is 243 Å². The van der Waals surface area contributed by atoms with Crippen LogP contribution in [0, 0.1) is 12.8 Å². The van der Waals surface area contributed by atoms with Crippen LogP contribution in [-0.4, -0.2) is 55.6 Å². The van der Waals surface area contributed by atoms with Crippen LogP contribution in [0.15, 0.2) is 53.9 Å². The van der Waals surface area contributed by atoms with Crippen molar-refractivity contribution in [2.45, 2.75) is 53.5 Å². The van der Waals surface area contributed by atoms with Gasteiger partial charge in [0.25, 0.3) is 0 Å². The van der Waals surface area contributed by atoms with Crippen molar-refractivity contribution in [1.29, 1.82) is 0 Å². The highest BCUT2D eigenvalue weighted by atomic mass is 32.1. The van der Waals surface area contributed by atoms with Crippen LogP contribution in [0.4, 0.5) is 10.5 Å². The lowest BCUT2D eigenvalue weighted by molar-refractivity contribution is -0.132. The first-order valence-corrected chi connectivity index (χ1v) is 14.7. The van der Waals surface area contributed by atoms with Crippen molar-refractivity contribution in [3.63, 3.8) is 0 Å². The number of thiophene rings is 1. The number of carbonyl (C=O) groups excluding carboxylic acids is 2. The number of urea groups is 1. The van der Waals surface area contributed by atoms with Crippen LogP contribution in [0.5, 0.6) is 11.5 Å². The lowest BCUT2D eigenvalue weighted by atomic mass is 10.0. The fourth-order valence-electron chi connectivity index (χ4n) is 4.41. The SMILES string of the molecule is COc1ccc(CCN(Cc2sccc2C)C(=O)CN(CC(C)C)C(=O)Nc2ccc(C(C)C)cc2)cc1OC. The summed E-state index contributed by atoms with van der Waals surface area (Å²) in [5.41, 5.74) is 4.13. The van der Waals surface area contributed by atoms with E-state index in [0.717, 1.165) is 21.7 Å². The highest BCUT2D eigenvalue weighted by molar-refractivity contribution is 7.10. The number of nitrogens with zero attached hydrogens (tertiary/aromatic N) is 2. The standard InChI is InChI=1S/C32H43N3O4S/c1-22(2)19-35(32(37)33-27-11-9-26(10-12-27)23(3)4)21-31(36)34(20-30-24(5)15-17-40-30)16-14-25-8-13-28(38-6)29(18-25)39-7/h8-13,15,17-18,22-23H,14,16,19-21H2,1-7H3,(H,33,37). The van der Waals surface area contributed by atoms with E-state index in [-0.39, 0.29) is 24.4 Å². The summed E-state index contributed by atoms with van der Waals surface area (Å²) in [4.78, 5) is 31.7. The molecule has 0 radical (unpaired) electrons. The molecule has 0 fully saturated rings. The second kappa shape index (κ2) is 14.7. The number of amides is 3. The molecule has 0 aliphatic heterocycles. The third-order valence-corrected chi connectivity index (χ3v) is 7.81. The average Bonchev–Trinajstić information content (AvgIpc) is 3.34. The summed E-state index contributed by atoms with van der Waals surface area (Å²) >= 11 is 1.65. The molecule has 0 spiro atoms. The topological polar surface area (TPSA) is 71.1 Å². The number of aryl methyl sites for hydroxylation is 1. The molecule has 8 heteroatoms. The minimum atomic E-state index is -0.272. The van der Waals surface area contributed by atoms with Gasteiger partial charge in [-0.2, -0.15) is 0 Å². The van der Waals surface area contributed by atoms with Crippen molar-refractivity contribution in [3.8, 4) is 11.5 Å². The summed E-state index contributed by atoms with van der Waals surface area (Å²) in [6, 6.07) is 15.5. The zero-order valence-electron chi connectivity index (χ0n) is 24.8. The Balaban J connectivity index is 1.76. The minimum Gasteiger partial charge on any atom is -0.493 e. The van der Waals surface area contributed by atoms with Gasteiger partial charge in [0, 0.05) is 23.7 Å². The molecule has 0 saturated heterocycles. The van der Waals surface area contributed by atoms with Gasteiger partial charge in [0.05, 0.1) is 20.8 Å². The van der Waals surface area contributed by atoms with E-state index in [1.165, 1.54) is 5.56 Å². The maximum absolute atomic E-state index is 13.8. The Morgan fingerprint density at radius 3 is 2.20 bits per heavy atom. The molecule has 0 saturated carbocycles. The number of rotatable bonds is 13. The number of carbonyl (C=O) groups is 2. The third-order valence-electron chi connectivity index (χ3n) is 6.80. The van der Waals surface area contributed by atoms with Gasteiger partial charge in [-0.25, -0.2) is 4.79 Å². The summed E-state index contributed by atoms with van der Waals surface area (Å²) < 4.78 is 10.8. The van der Waals surface area contributed by atoms with E-state index in [4.69, 9.17) is 9.47 Å². The molecule has 3 rings (SSSR count). The quantitative estimate of drug-likeness (QED) is 0.243. The molecule has 2 aromatic carbocycles. The lowest BCUT2D eigenvalue weighted by Gasteiger charge is -2.29. The Kier molecular flexibility index (Phi) is 11.4. The van der Waals surface area contributed by atoms with E-state index in [1.807, 2.05) is 66.6 Å². The Hall–Kier alpha value is -3.52. The van der Waals surface area contributed by atoms with Crippen molar-refractivity contribution in [2.24, 2.45) is 5.92 Å². The molecule has 0 aliphatic rings. The smallest absolute Gasteiger partial charge is 0.322 e. The number of nitrogens with one attached hydrogen (secondary N) is 1. The second-order valence-corrected chi connectivity index (χ2v) is 11.8. The maximum atomic E-state index is 13.8. The maximum Gasteiger partial charge on any atom is 0.322 e. The molecule has 0 atom stereocenters. The van der Waals surface area contributed by atoms with E-state index in [9.17, 15) is 9.59 Å². The zero-order valence-corrected chi connectivity index (χ0v) is 25.6. The van der Waals surface area contributed by atoms with Gasteiger partial charge in [0.2, 0.25) is 5.91 Å². The monoisotopic (exact) mass is 565 g/mol. The van der Waals surface area contributed by atoms with Crippen molar-refractivity contribution in [3.05, 3.63) is 75.5 Å². The summed E-state index contributed by atoms with van der Waals surface area (Å²) in [6.07, 6.45) is 0.648. The lowest BCUT2D eigenvalue weighted by Crippen LogP contribution is -2.46. The molecular weight excluding hydrogens is 522 g/mol. The third kappa shape index (κ3) is 8.74. The van der Waals surface area contributed by atoms with E-state index in [0.29, 0.717) is 43.5 Å². The van der Waals surface area contributed by atoms with Gasteiger partial charge in [-0.05, 0) is 77.6 Å². The number of hydrogen-bond acceptors (Lipinski definition) is 5. The van der Waals surface area contributed by atoms with Crippen LogP contribution in [0.1, 0.15) is 55.2 Å². The molecule has 0 unspecified atom stereocenters. The van der Waals surface area contributed by atoms with Crippen LogP contribution in [0.2, 0.25) is 0 Å².